The van der Waals surface area contributed by atoms with Crippen LogP contribution < -0.4 is 20.5 Å². The molecule has 138 valence electrons. The van der Waals surface area contributed by atoms with E-state index < -0.39 is 0 Å². The molecule has 0 spiro atoms. The highest BCUT2D eigenvalue weighted by atomic mass is 35.5. The second-order valence-electron chi connectivity index (χ2n) is 6.20. The predicted octanol–water partition coefficient (Wildman–Crippen LogP) is 2.39. The van der Waals surface area contributed by atoms with Gasteiger partial charge in [0.2, 0.25) is 18.6 Å². The van der Waals surface area contributed by atoms with Crippen LogP contribution in [-0.4, -0.2) is 36.1 Å². The number of carbonyl (C=O) groups excluding carboxylic acids is 2. The van der Waals surface area contributed by atoms with E-state index >= 15 is 0 Å². The van der Waals surface area contributed by atoms with Gasteiger partial charge in [0.25, 0.3) is 0 Å². The summed E-state index contributed by atoms with van der Waals surface area (Å²) in [6.07, 6.45) is 2.03. The Bertz CT molecular complexity index is 664. The molecule has 25 heavy (non-hydrogen) atoms. The Balaban J connectivity index is 0.00000225. The third-order valence-corrected chi connectivity index (χ3v) is 4.72. The third kappa shape index (κ3) is 3.76. The molecule has 2 aliphatic heterocycles. The number of hydrogen-bond acceptors (Lipinski definition) is 5. The summed E-state index contributed by atoms with van der Waals surface area (Å²) in [5, 5.41) is 2.82. The smallest absolute Gasteiger partial charge is 0.231 e. The summed E-state index contributed by atoms with van der Waals surface area (Å²) >= 11 is 0. The van der Waals surface area contributed by atoms with E-state index in [1.54, 1.807) is 12.1 Å². The maximum absolute atomic E-state index is 12.5. The summed E-state index contributed by atoms with van der Waals surface area (Å²) in [4.78, 5) is 26.6. The first-order chi connectivity index (χ1) is 11.5. The van der Waals surface area contributed by atoms with Crippen molar-refractivity contribution in [1.82, 2.24) is 4.90 Å². The van der Waals surface area contributed by atoms with E-state index in [-0.39, 0.29) is 49.4 Å². The van der Waals surface area contributed by atoms with Crippen molar-refractivity contribution in [2.45, 2.75) is 39.2 Å². The number of carbonyl (C=O) groups is 2. The number of ether oxygens (including phenoxy) is 2. The molecule has 1 atom stereocenters. The van der Waals surface area contributed by atoms with Crippen LogP contribution in [0.4, 0.5) is 11.4 Å². The Kier molecular flexibility index (Phi) is 6.00. The molecule has 1 fully saturated rings. The van der Waals surface area contributed by atoms with Gasteiger partial charge in [-0.3, -0.25) is 9.59 Å². The zero-order valence-corrected chi connectivity index (χ0v) is 15.2. The van der Waals surface area contributed by atoms with E-state index in [0.29, 0.717) is 29.4 Å². The molecule has 1 unspecified atom stereocenters. The summed E-state index contributed by atoms with van der Waals surface area (Å²) in [7, 11) is 0. The van der Waals surface area contributed by atoms with Crippen molar-refractivity contribution in [3.8, 4) is 11.5 Å². The van der Waals surface area contributed by atoms with Crippen LogP contribution in [0.1, 0.15) is 33.1 Å². The van der Waals surface area contributed by atoms with Crippen LogP contribution in [0.2, 0.25) is 0 Å². The average molecular weight is 370 g/mol. The van der Waals surface area contributed by atoms with E-state index in [0.717, 1.165) is 12.8 Å². The van der Waals surface area contributed by atoms with Gasteiger partial charge in [-0.05, 0) is 12.8 Å². The largest absolute Gasteiger partial charge is 0.454 e. The lowest BCUT2D eigenvalue weighted by molar-refractivity contribution is -0.130. The zero-order valence-electron chi connectivity index (χ0n) is 14.4. The molecule has 0 aliphatic carbocycles. The molecule has 2 heterocycles. The van der Waals surface area contributed by atoms with Gasteiger partial charge in [0.1, 0.15) is 0 Å². The fraction of sp³-hybridized carbons (Fsp3) is 0.529. The van der Waals surface area contributed by atoms with Gasteiger partial charge < -0.3 is 25.4 Å². The van der Waals surface area contributed by atoms with Gasteiger partial charge >= 0.3 is 0 Å². The molecule has 2 aliphatic rings. The SMILES string of the molecule is CCC(CC)N1CC(C(=O)Nc2cc3c(cc2N)OCO3)CC1=O.Cl. The first-order valence-corrected chi connectivity index (χ1v) is 8.32. The number of nitrogens with two attached hydrogens (primary N) is 1. The number of anilines is 2. The number of rotatable bonds is 5. The van der Waals surface area contributed by atoms with Crippen LogP contribution in [0.5, 0.6) is 11.5 Å². The molecular formula is C17H24ClN3O4. The predicted molar refractivity (Wildman–Crippen MR) is 97.0 cm³/mol. The maximum atomic E-state index is 12.5. The molecule has 1 saturated heterocycles. The highest BCUT2D eigenvalue weighted by Crippen LogP contribution is 2.38. The Hall–Kier alpha value is -2.15. The van der Waals surface area contributed by atoms with Crippen LogP contribution in [0.25, 0.3) is 0 Å². The monoisotopic (exact) mass is 369 g/mol. The fourth-order valence-corrected chi connectivity index (χ4v) is 3.29. The third-order valence-electron chi connectivity index (χ3n) is 4.72. The first-order valence-electron chi connectivity index (χ1n) is 8.32. The molecule has 7 nitrogen and oxygen atoms in total. The lowest BCUT2D eigenvalue weighted by Gasteiger charge is -2.26. The molecule has 2 amide bonds. The van der Waals surface area contributed by atoms with E-state index in [2.05, 4.69) is 19.2 Å². The van der Waals surface area contributed by atoms with E-state index in [1.807, 2.05) is 4.90 Å². The number of hydrogen-bond donors (Lipinski definition) is 2. The Labute approximate surface area is 153 Å². The van der Waals surface area contributed by atoms with E-state index in [1.165, 1.54) is 0 Å². The van der Waals surface area contributed by atoms with Crippen molar-refractivity contribution in [1.29, 1.82) is 0 Å². The molecule has 0 radical (unpaired) electrons. The van der Waals surface area contributed by atoms with E-state index in [9.17, 15) is 9.59 Å². The van der Waals surface area contributed by atoms with Gasteiger partial charge in [0, 0.05) is 31.1 Å². The minimum atomic E-state index is -0.358. The van der Waals surface area contributed by atoms with Gasteiger partial charge in [-0.1, -0.05) is 13.8 Å². The van der Waals surface area contributed by atoms with Crippen molar-refractivity contribution in [2.24, 2.45) is 5.92 Å². The lowest BCUT2D eigenvalue weighted by atomic mass is 10.1. The molecule has 0 aromatic heterocycles. The zero-order chi connectivity index (χ0) is 17.3. The molecule has 3 N–H and O–H groups in total. The van der Waals surface area contributed by atoms with Crippen LogP contribution in [0.3, 0.4) is 0 Å². The van der Waals surface area contributed by atoms with Crippen molar-refractivity contribution < 1.29 is 19.1 Å². The summed E-state index contributed by atoms with van der Waals surface area (Å²) in [6, 6.07) is 3.49. The molecule has 1 aromatic rings. The summed E-state index contributed by atoms with van der Waals surface area (Å²) in [5.74, 6) is 0.620. The highest BCUT2D eigenvalue weighted by Gasteiger charge is 2.37. The van der Waals surface area contributed by atoms with Crippen LogP contribution in [-0.2, 0) is 9.59 Å². The molecule has 8 heteroatoms. The maximum Gasteiger partial charge on any atom is 0.231 e. The normalized spacial score (nSPS) is 18.4. The van der Waals surface area contributed by atoms with Gasteiger partial charge in [0.15, 0.2) is 11.5 Å². The number of halogens is 1. The van der Waals surface area contributed by atoms with Gasteiger partial charge in [0.05, 0.1) is 17.3 Å². The number of amides is 2. The summed E-state index contributed by atoms with van der Waals surface area (Å²) < 4.78 is 10.6. The Morgan fingerprint density at radius 2 is 1.96 bits per heavy atom. The molecule has 0 saturated carbocycles. The highest BCUT2D eigenvalue weighted by molar-refractivity contribution is 5.99. The molecule has 0 bridgehead atoms. The summed E-state index contributed by atoms with van der Waals surface area (Å²) in [5.41, 5.74) is 6.85. The molecular weight excluding hydrogens is 346 g/mol. The van der Waals surface area contributed by atoms with Crippen molar-refractivity contribution in [3.63, 3.8) is 0 Å². The number of nitrogens with one attached hydrogen (secondary N) is 1. The Morgan fingerprint density at radius 1 is 1.32 bits per heavy atom. The van der Waals surface area contributed by atoms with Crippen LogP contribution in [0.15, 0.2) is 12.1 Å². The minimum absolute atomic E-state index is 0. The molecule has 1 aromatic carbocycles. The number of fused-ring (bicyclic) bond motifs is 1. The number of benzene rings is 1. The summed E-state index contributed by atoms with van der Waals surface area (Å²) in [6.45, 7) is 4.72. The number of nitrogen functional groups attached to an aromatic ring is 1. The van der Waals surface area contributed by atoms with Gasteiger partial charge in [-0.15, -0.1) is 12.4 Å². The van der Waals surface area contributed by atoms with Crippen LogP contribution in [0, 0.1) is 5.92 Å². The Morgan fingerprint density at radius 3 is 2.60 bits per heavy atom. The average Bonchev–Trinajstić information content (AvgIpc) is 3.16. The van der Waals surface area contributed by atoms with Crippen molar-refractivity contribution in [2.75, 3.05) is 24.4 Å². The van der Waals surface area contributed by atoms with Crippen molar-refractivity contribution in [3.05, 3.63) is 12.1 Å². The number of nitrogens with zero attached hydrogens (tertiary/aromatic N) is 1. The minimum Gasteiger partial charge on any atom is -0.454 e. The number of likely N-dealkylation sites (tertiary alicyclic amines) is 1. The van der Waals surface area contributed by atoms with Gasteiger partial charge in [-0.2, -0.15) is 0 Å². The van der Waals surface area contributed by atoms with Crippen molar-refractivity contribution >= 4 is 35.6 Å². The molecule has 3 rings (SSSR count). The first kappa shape index (κ1) is 19.2. The lowest BCUT2D eigenvalue weighted by Crippen LogP contribution is -2.36. The quantitative estimate of drug-likeness (QED) is 0.777. The second kappa shape index (κ2) is 7.82. The van der Waals surface area contributed by atoms with Gasteiger partial charge in [-0.25, -0.2) is 0 Å². The topological polar surface area (TPSA) is 93.9 Å². The second-order valence-corrected chi connectivity index (χ2v) is 6.20. The van der Waals surface area contributed by atoms with E-state index in [4.69, 9.17) is 15.2 Å². The standard InChI is InChI=1S/C17H23N3O4.ClH/c1-3-11(4-2)20-8-10(5-16(20)21)17(22)19-13-7-15-14(6-12(13)18)23-9-24-15;/h6-7,10-11H,3-5,8-9,18H2,1-2H3,(H,19,22);1H. The van der Waals surface area contributed by atoms with Crippen LogP contribution >= 0.6 is 12.4 Å². The fourth-order valence-electron chi connectivity index (χ4n) is 3.29.